The summed E-state index contributed by atoms with van der Waals surface area (Å²) in [4.78, 5) is 46.8. The number of amides is 4. The molecule has 3 atom stereocenters. The molecule has 5 rings (SSSR count). The molecule has 0 saturated heterocycles. The van der Waals surface area contributed by atoms with Crippen molar-refractivity contribution in [3.05, 3.63) is 96.3 Å². The number of fused-ring (bicyclic) bond motifs is 2. The Morgan fingerprint density at radius 2 is 1.82 bits per heavy atom. The molecule has 44 heavy (non-hydrogen) atoms. The molecule has 1 aliphatic rings. The average molecular weight is 596 g/mol. The van der Waals surface area contributed by atoms with E-state index in [0.717, 1.165) is 10.8 Å². The number of rotatable bonds is 7. The number of pyridine rings is 1. The van der Waals surface area contributed by atoms with E-state index in [1.807, 2.05) is 49.4 Å². The minimum atomic E-state index is -0.478. The van der Waals surface area contributed by atoms with Crippen LogP contribution >= 0.6 is 0 Å². The number of nitrogens with one attached hydrogen (secondary N) is 2. The molecule has 228 valence electrons. The molecule has 1 aromatic heterocycles. The van der Waals surface area contributed by atoms with Crippen LogP contribution in [0.5, 0.6) is 5.75 Å². The van der Waals surface area contributed by atoms with E-state index in [9.17, 15) is 19.5 Å². The number of benzene rings is 3. The fraction of sp³-hybridized carbons (Fsp3) is 0.294. The molecule has 0 unspecified atom stereocenters. The van der Waals surface area contributed by atoms with Crippen molar-refractivity contribution in [2.75, 3.05) is 37.4 Å². The monoisotopic (exact) mass is 595 g/mol. The van der Waals surface area contributed by atoms with Crippen molar-refractivity contribution in [1.29, 1.82) is 0 Å². The summed E-state index contributed by atoms with van der Waals surface area (Å²) in [5, 5.41) is 17.8. The molecule has 1 aliphatic heterocycles. The summed E-state index contributed by atoms with van der Waals surface area (Å²) in [6.45, 7) is 4.16. The fourth-order valence-electron chi connectivity index (χ4n) is 5.33. The Kier molecular flexibility index (Phi) is 9.40. The summed E-state index contributed by atoms with van der Waals surface area (Å²) in [6.07, 6.45) is 2.63. The maximum Gasteiger partial charge on any atom is 0.321 e. The Hall–Kier alpha value is -4.96. The number of aliphatic hydroxyl groups excluding tert-OH is 1. The molecule has 0 spiro atoms. The zero-order chi connectivity index (χ0) is 31.2. The first-order valence-electron chi connectivity index (χ1n) is 14.6. The molecule has 10 nitrogen and oxygen atoms in total. The smallest absolute Gasteiger partial charge is 0.321 e. The van der Waals surface area contributed by atoms with Crippen molar-refractivity contribution in [2.45, 2.75) is 32.4 Å². The summed E-state index contributed by atoms with van der Waals surface area (Å²) >= 11 is 0. The van der Waals surface area contributed by atoms with E-state index >= 15 is 0 Å². The van der Waals surface area contributed by atoms with Gasteiger partial charge in [0.1, 0.15) is 11.9 Å². The molecule has 0 aliphatic carbocycles. The first-order valence-corrected chi connectivity index (χ1v) is 14.6. The quantitative estimate of drug-likeness (QED) is 0.282. The highest BCUT2D eigenvalue weighted by atomic mass is 16.5. The van der Waals surface area contributed by atoms with E-state index in [4.69, 9.17) is 4.74 Å². The molecule has 3 aromatic carbocycles. The van der Waals surface area contributed by atoms with Crippen LogP contribution in [0.4, 0.5) is 16.2 Å². The number of hydrogen-bond acceptors (Lipinski definition) is 6. The maximum atomic E-state index is 13.5. The number of nitrogens with zero attached hydrogens (tertiary/aromatic N) is 3. The van der Waals surface area contributed by atoms with Gasteiger partial charge in [-0.3, -0.25) is 14.6 Å². The molecule has 4 amide bonds. The molecule has 0 radical (unpaired) electrons. The average Bonchev–Trinajstić information content (AvgIpc) is 3.08. The largest absolute Gasteiger partial charge is 0.488 e. The Labute approximate surface area is 256 Å². The standard InChI is InChI=1S/C34H37N5O5/c1-22-19-39(23(2)21-40)32(41)18-26-17-27(36-33(42)25-13-15-35-16-14-25)11-12-30(26)44-31(22)20-38(3)34(43)37-29-10-6-8-24-7-4-5-9-28(24)29/h4-17,22-23,31,40H,18-21H2,1-3H3,(H,36,42)(H,37,43)/t22-,23-,31-/m1/s1. The number of aromatic nitrogens is 1. The lowest BCUT2D eigenvalue weighted by Crippen LogP contribution is -2.48. The number of aliphatic hydroxyl groups is 1. The summed E-state index contributed by atoms with van der Waals surface area (Å²) in [5.41, 5.74) is 2.28. The predicted octanol–water partition coefficient (Wildman–Crippen LogP) is 4.80. The number of anilines is 2. The third-order valence-corrected chi connectivity index (χ3v) is 7.95. The number of likely N-dealkylation sites (N-methyl/N-ethyl adjacent to an activating group) is 1. The molecule has 0 saturated carbocycles. The number of hydrogen-bond donors (Lipinski definition) is 3. The first-order chi connectivity index (χ1) is 21.2. The molecular weight excluding hydrogens is 558 g/mol. The SMILES string of the molecule is C[C@@H]1CN([C@H](C)CO)C(=O)Cc2cc(NC(=O)c3ccncc3)ccc2O[C@@H]1CN(C)C(=O)Nc1cccc2ccccc12. The minimum Gasteiger partial charge on any atom is -0.488 e. The maximum absolute atomic E-state index is 13.5. The predicted molar refractivity (Wildman–Crippen MR) is 170 cm³/mol. The van der Waals surface area contributed by atoms with Gasteiger partial charge in [0.25, 0.3) is 5.91 Å². The van der Waals surface area contributed by atoms with E-state index in [0.29, 0.717) is 34.8 Å². The van der Waals surface area contributed by atoms with E-state index in [2.05, 4.69) is 15.6 Å². The van der Waals surface area contributed by atoms with E-state index in [-0.39, 0.29) is 43.3 Å². The van der Waals surface area contributed by atoms with Crippen LogP contribution in [0.1, 0.15) is 29.8 Å². The van der Waals surface area contributed by atoms with Crippen molar-refractivity contribution in [2.24, 2.45) is 5.92 Å². The van der Waals surface area contributed by atoms with Gasteiger partial charge < -0.3 is 30.3 Å². The van der Waals surface area contributed by atoms with Gasteiger partial charge in [-0.05, 0) is 48.7 Å². The van der Waals surface area contributed by atoms with Gasteiger partial charge in [-0.1, -0.05) is 43.3 Å². The Morgan fingerprint density at radius 3 is 2.59 bits per heavy atom. The highest BCUT2D eigenvalue weighted by molar-refractivity contribution is 6.04. The second-order valence-corrected chi connectivity index (χ2v) is 11.2. The van der Waals surface area contributed by atoms with Crippen molar-refractivity contribution >= 4 is 40.0 Å². The Bertz CT molecular complexity index is 1640. The third kappa shape index (κ3) is 6.98. The minimum absolute atomic E-state index is 0.0233. The van der Waals surface area contributed by atoms with Crippen LogP contribution in [0.15, 0.2) is 85.2 Å². The lowest BCUT2D eigenvalue weighted by Gasteiger charge is -2.34. The summed E-state index contributed by atoms with van der Waals surface area (Å²) in [6, 6.07) is 21.4. The molecule has 2 heterocycles. The number of carbonyl (C=O) groups excluding carboxylic acids is 3. The van der Waals surface area contributed by atoms with Crippen LogP contribution in [0.25, 0.3) is 10.8 Å². The van der Waals surface area contributed by atoms with Gasteiger partial charge in [-0.25, -0.2) is 4.79 Å². The van der Waals surface area contributed by atoms with Gasteiger partial charge in [-0.15, -0.1) is 0 Å². The van der Waals surface area contributed by atoms with E-state index in [1.54, 1.807) is 66.5 Å². The van der Waals surface area contributed by atoms with Crippen LogP contribution in [0, 0.1) is 5.92 Å². The van der Waals surface area contributed by atoms with Crippen molar-refractivity contribution in [3.63, 3.8) is 0 Å². The number of urea groups is 1. The molecule has 10 heteroatoms. The van der Waals surface area contributed by atoms with Gasteiger partial charge in [0.05, 0.1) is 31.3 Å². The first kappa shape index (κ1) is 30.5. The van der Waals surface area contributed by atoms with Crippen molar-refractivity contribution in [1.82, 2.24) is 14.8 Å². The molecule has 0 bridgehead atoms. The lowest BCUT2D eigenvalue weighted by molar-refractivity contribution is -0.134. The Morgan fingerprint density at radius 1 is 1.07 bits per heavy atom. The molecule has 4 aromatic rings. The normalized spacial score (nSPS) is 17.4. The van der Waals surface area contributed by atoms with Gasteiger partial charge >= 0.3 is 6.03 Å². The van der Waals surface area contributed by atoms with Crippen LogP contribution in [0.2, 0.25) is 0 Å². The van der Waals surface area contributed by atoms with Crippen LogP contribution < -0.4 is 15.4 Å². The van der Waals surface area contributed by atoms with Crippen LogP contribution in [0.3, 0.4) is 0 Å². The zero-order valence-electron chi connectivity index (χ0n) is 25.1. The summed E-state index contributed by atoms with van der Waals surface area (Å²) in [7, 11) is 1.71. The topological polar surface area (TPSA) is 124 Å². The van der Waals surface area contributed by atoms with Crippen LogP contribution in [-0.4, -0.2) is 76.6 Å². The van der Waals surface area contributed by atoms with Gasteiger partial charge in [0.15, 0.2) is 0 Å². The lowest BCUT2D eigenvalue weighted by atomic mass is 10.0. The third-order valence-electron chi connectivity index (χ3n) is 7.95. The highest BCUT2D eigenvalue weighted by Gasteiger charge is 2.32. The summed E-state index contributed by atoms with van der Waals surface area (Å²) < 4.78 is 6.54. The molecule has 3 N–H and O–H groups in total. The second-order valence-electron chi connectivity index (χ2n) is 11.2. The molecular formula is C34H37N5O5. The van der Waals surface area contributed by atoms with E-state index in [1.165, 1.54) is 0 Å². The second kappa shape index (κ2) is 13.6. The van der Waals surface area contributed by atoms with Crippen molar-refractivity contribution in [3.8, 4) is 5.75 Å². The van der Waals surface area contributed by atoms with Gasteiger partial charge in [0, 0.05) is 54.1 Å². The van der Waals surface area contributed by atoms with Crippen LogP contribution in [-0.2, 0) is 11.2 Å². The van der Waals surface area contributed by atoms with Gasteiger partial charge in [-0.2, -0.15) is 0 Å². The van der Waals surface area contributed by atoms with E-state index < -0.39 is 12.1 Å². The number of ether oxygens (including phenoxy) is 1. The molecule has 0 fully saturated rings. The zero-order valence-corrected chi connectivity index (χ0v) is 25.1. The van der Waals surface area contributed by atoms with Crippen molar-refractivity contribution < 1.29 is 24.2 Å². The summed E-state index contributed by atoms with van der Waals surface area (Å²) in [5.74, 6) is -0.150. The van der Waals surface area contributed by atoms with Gasteiger partial charge in [0.2, 0.25) is 5.91 Å². The Balaban J connectivity index is 1.39. The highest BCUT2D eigenvalue weighted by Crippen LogP contribution is 2.30. The fourth-order valence-corrected chi connectivity index (χ4v) is 5.33. The number of carbonyl (C=O) groups is 3.